The van der Waals surface area contributed by atoms with Crippen LogP contribution in [0.1, 0.15) is 44.6 Å². The summed E-state index contributed by atoms with van der Waals surface area (Å²) in [6, 6.07) is 10.6. The zero-order valence-corrected chi connectivity index (χ0v) is 13.6. The van der Waals surface area contributed by atoms with Gasteiger partial charge in [-0.3, -0.25) is 4.90 Å². The van der Waals surface area contributed by atoms with Gasteiger partial charge in [0, 0.05) is 25.0 Å². The summed E-state index contributed by atoms with van der Waals surface area (Å²) >= 11 is 0. The highest BCUT2D eigenvalue weighted by molar-refractivity contribution is 5.65. The highest BCUT2D eigenvalue weighted by atomic mass is 16.4. The second kappa shape index (κ2) is 8.74. The first kappa shape index (κ1) is 16.8. The molecule has 0 aromatic heterocycles. The van der Waals surface area contributed by atoms with Gasteiger partial charge in [0.1, 0.15) is 0 Å². The molecule has 3 nitrogen and oxygen atoms in total. The fourth-order valence-corrected chi connectivity index (χ4v) is 3.43. The molecule has 2 rings (SSSR count). The molecular formula is C19H28N2O. The van der Waals surface area contributed by atoms with Crippen LogP contribution in [0.3, 0.4) is 0 Å². The van der Waals surface area contributed by atoms with E-state index in [-0.39, 0.29) is 5.41 Å². The lowest BCUT2D eigenvalue weighted by Crippen LogP contribution is -2.40. The second-order valence-corrected chi connectivity index (χ2v) is 6.39. The van der Waals surface area contributed by atoms with Crippen LogP contribution in [0.4, 0.5) is 0 Å². The van der Waals surface area contributed by atoms with Crippen molar-refractivity contribution in [3.8, 4) is 0 Å². The predicted molar refractivity (Wildman–Crippen MR) is 92.3 cm³/mol. The Morgan fingerprint density at radius 2 is 1.91 bits per heavy atom. The summed E-state index contributed by atoms with van der Waals surface area (Å²) in [5, 5.41) is 12.5. The number of allylic oxidation sites excluding steroid dienone is 1. The highest BCUT2D eigenvalue weighted by Crippen LogP contribution is 2.35. The van der Waals surface area contributed by atoms with Crippen molar-refractivity contribution in [3.63, 3.8) is 0 Å². The van der Waals surface area contributed by atoms with Crippen LogP contribution in [0.2, 0.25) is 0 Å². The van der Waals surface area contributed by atoms with Crippen LogP contribution < -0.4 is 0 Å². The molecule has 0 atom stereocenters. The Morgan fingerprint density at radius 1 is 1.18 bits per heavy atom. The fourth-order valence-electron chi connectivity index (χ4n) is 3.43. The number of hydrogen-bond acceptors (Lipinski definition) is 3. The standard InChI is InChI=1S/C19H28N2O/c1-2-3-14-21(15-18-10-6-4-7-11-18)17-19(16-20-22)12-8-5-9-13-19/h2-4,6-7,10-11,16,22H,5,8-9,12-15,17H2,1H3/b3-2+,20-16?. The molecule has 120 valence electrons. The molecular weight excluding hydrogens is 272 g/mol. The average Bonchev–Trinajstić information content (AvgIpc) is 2.55. The maximum absolute atomic E-state index is 9.10. The highest BCUT2D eigenvalue weighted by Gasteiger charge is 2.32. The summed E-state index contributed by atoms with van der Waals surface area (Å²) in [7, 11) is 0. The normalized spacial score (nSPS) is 18.5. The predicted octanol–water partition coefficient (Wildman–Crippen LogP) is 4.48. The van der Waals surface area contributed by atoms with Gasteiger partial charge >= 0.3 is 0 Å². The molecule has 1 aromatic rings. The van der Waals surface area contributed by atoms with Crippen molar-refractivity contribution in [1.82, 2.24) is 4.90 Å². The maximum Gasteiger partial charge on any atom is 0.0510 e. The van der Waals surface area contributed by atoms with Gasteiger partial charge in [-0.15, -0.1) is 5.16 Å². The Morgan fingerprint density at radius 3 is 2.55 bits per heavy atom. The monoisotopic (exact) mass is 300 g/mol. The minimum absolute atomic E-state index is 0.0311. The number of hydrogen-bond donors (Lipinski definition) is 1. The Kier molecular flexibility index (Phi) is 6.66. The van der Waals surface area contributed by atoms with E-state index >= 15 is 0 Å². The molecule has 1 saturated carbocycles. The Bertz CT molecular complexity index is 475. The quantitative estimate of drug-likeness (QED) is 0.349. The first-order valence-electron chi connectivity index (χ1n) is 8.34. The van der Waals surface area contributed by atoms with E-state index in [0.717, 1.165) is 32.5 Å². The second-order valence-electron chi connectivity index (χ2n) is 6.39. The van der Waals surface area contributed by atoms with E-state index in [0.29, 0.717) is 0 Å². The first-order chi connectivity index (χ1) is 10.8. The van der Waals surface area contributed by atoms with Gasteiger partial charge in [-0.2, -0.15) is 0 Å². The number of nitrogens with zero attached hydrogens (tertiary/aromatic N) is 2. The van der Waals surface area contributed by atoms with Crippen LogP contribution in [-0.2, 0) is 6.54 Å². The summed E-state index contributed by atoms with van der Waals surface area (Å²) in [6.07, 6.45) is 12.1. The molecule has 0 aliphatic heterocycles. The van der Waals surface area contributed by atoms with E-state index in [2.05, 4.69) is 59.5 Å². The molecule has 0 spiro atoms. The molecule has 1 aliphatic rings. The topological polar surface area (TPSA) is 35.8 Å². The van der Waals surface area contributed by atoms with Crippen LogP contribution >= 0.6 is 0 Å². The third-order valence-electron chi connectivity index (χ3n) is 4.57. The molecule has 0 bridgehead atoms. The summed E-state index contributed by atoms with van der Waals surface area (Å²) in [4.78, 5) is 2.46. The number of rotatable bonds is 7. The molecule has 3 heteroatoms. The molecule has 1 N–H and O–H groups in total. The van der Waals surface area contributed by atoms with Crippen LogP contribution in [-0.4, -0.2) is 29.4 Å². The summed E-state index contributed by atoms with van der Waals surface area (Å²) in [6.45, 7) is 4.89. The smallest absolute Gasteiger partial charge is 0.0510 e. The van der Waals surface area contributed by atoms with Crippen molar-refractivity contribution in [1.29, 1.82) is 0 Å². The van der Waals surface area contributed by atoms with Crippen LogP contribution in [0, 0.1) is 5.41 Å². The van der Waals surface area contributed by atoms with Gasteiger partial charge in [-0.1, -0.05) is 61.7 Å². The van der Waals surface area contributed by atoms with Crippen molar-refractivity contribution in [2.24, 2.45) is 10.6 Å². The number of benzene rings is 1. The van der Waals surface area contributed by atoms with Gasteiger partial charge in [0.25, 0.3) is 0 Å². The van der Waals surface area contributed by atoms with Crippen molar-refractivity contribution < 1.29 is 5.21 Å². The van der Waals surface area contributed by atoms with Gasteiger partial charge in [0.05, 0.1) is 6.21 Å². The van der Waals surface area contributed by atoms with Gasteiger partial charge in [-0.25, -0.2) is 0 Å². The van der Waals surface area contributed by atoms with E-state index in [9.17, 15) is 0 Å². The lowest BCUT2D eigenvalue weighted by atomic mass is 9.74. The largest absolute Gasteiger partial charge is 0.411 e. The molecule has 0 unspecified atom stereocenters. The first-order valence-corrected chi connectivity index (χ1v) is 8.34. The van der Waals surface area contributed by atoms with Crippen LogP contribution in [0.25, 0.3) is 0 Å². The van der Waals surface area contributed by atoms with Gasteiger partial charge in [0.2, 0.25) is 0 Å². The van der Waals surface area contributed by atoms with Gasteiger partial charge in [0.15, 0.2) is 0 Å². The van der Waals surface area contributed by atoms with Gasteiger partial charge in [-0.05, 0) is 25.3 Å². The Balaban J connectivity index is 2.09. The molecule has 0 saturated heterocycles. The summed E-state index contributed by atoms with van der Waals surface area (Å²) < 4.78 is 0. The van der Waals surface area contributed by atoms with Crippen molar-refractivity contribution in [3.05, 3.63) is 48.0 Å². The third-order valence-corrected chi connectivity index (χ3v) is 4.57. The molecule has 0 amide bonds. The van der Waals surface area contributed by atoms with Crippen molar-refractivity contribution in [2.75, 3.05) is 13.1 Å². The lowest BCUT2D eigenvalue weighted by molar-refractivity contribution is 0.167. The van der Waals surface area contributed by atoms with E-state index in [1.54, 1.807) is 6.21 Å². The molecule has 0 radical (unpaired) electrons. The van der Waals surface area contributed by atoms with E-state index in [1.807, 2.05) is 0 Å². The zero-order valence-electron chi connectivity index (χ0n) is 13.6. The van der Waals surface area contributed by atoms with Crippen molar-refractivity contribution >= 4 is 6.21 Å². The van der Waals surface area contributed by atoms with Crippen LogP contribution in [0.5, 0.6) is 0 Å². The minimum Gasteiger partial charge on any atom is -0.411 e. The molecule has 1 aliphatic carbocycles. The lowest BCUT2D eigenvalue weighted by Gasteiger charge is -2.38. The van der Waals surface area contributed by atoms with Crippen molar-refractivity contribution in [2.45, 2.75) is 45.6 Å². The third kappa shape index (κ3) is 4.99. The molecule has 0 heterocycles. The van der Waals surface area contributed by atoms with Crippen LogP contribution in [0.15, 0.2) is 47.6 Å². The average molecular weight is 300 g/mol. The van der Waals surface area contributed by atoms with Gasteiger partial charge < -0.3 is 5.21 Å². The summed E-state index contributed by atoms with van der Waals surface area (Å²) in [5.41, 5.74) is 1.36. The fraction of sp³-hybridized carbons (Fsp3) is 0.526. The summed E-state index contributed by atoms with van der Waals surface area (Å²) in [5.74, 6) is 0. The zero-order chi connectivity index (χ0) is 15.7. The van der Waals surface area contributed by atoms with E-state index < -0.39 is 0 Å². The minimum atomic E-state index is 0.0311. The Labute approximate surface area is 134 Å². The van der Waals surface area contributed by atoms with E-state index in [1.165, 1.54) is 24.8 Å². The molecule has 22 heavy (non-hydrogen) atoms. The number of oxime groups is 1. The Hall–Kier alpha value is -1.61. The SMILES string of the molecule is C/C=C/CN(Cc1ccccc1)CC1(C=NO)CCCCC1. The van der Waals surface area contributed by atoms with E-state index in [4.69, 9.17) is 5.21 Å². The maximum atomic E-state index is 9.10. The molecule has 1 aromatic carbocycles. The molecule has 1 fully saturated rings.